The van der Waals surface area contributed by atoms with E-state index in [2.05, 4.69) is 10.6 Å². The third-order valence-corrected chi connectivity index (χ3v) is 8.50. The highest BCUT2D eigenvalue weighted by molar-refractivity contribution is 5.85. The zero-order valence-corrected chi connectivity index (χ0v) is 22.7. The molecule has 5 rings (SSSR count). The van der Waals surface area contributed by atoms with Gasteiger partial charge in [0.2, 0.25) is 11.8 Å². The summed E-state index contributed by atoms with van der Waals surface area (Å²) < 4.78 is 33.9. The van der Waals surface area contributed by atoms with Crippen molar-refractivity contribution in [1.29, 1.82) is 0 Å². The summed E-state index contributed by atoms with van der Waals surface area (Å²) in [6, 6.07) is 11.9. The maximum Gasteiger partial charge on any atom is 0.227 e. The molecule has 7 nitrogen and oxygen atoms in total. The Kier molecular flexibility index (Phi) is 9.44. The highest BCUT2D eigenvalue weighted by Gasteiger charge is 2.41. The minimum absolute atomic E-state index is 0.0562. The van der Waals surface area contributed by atoms with Crippen LogP contribution in [0.1, 0.15) is 49.7 Å². The van der Waals surface area contributed by atoms with Gasteiger partial charge in [0, 0.05) is 37.7 Å². The van der Waals surface area contributed by atoms with Crippen molar-refractivity contribution in [2.75, 3.05) is 19.6 Å². The smallest absolute Gasteiger partial charge is 0.227 e. The molecule has 4 atom stereocenters. The molecule has 3 aliphatic rings. The Morgan fingerprint density at radius 2 is 1.70 bits per heavy atom. The number of carbonyl (C=O) groups excluding carboxylic acids is 2. The van der Waals surface area contributed by atoms with Crippen LogP contribution in [0.2, 0.25) is 0 Å². The molecule has 1 aliphatic carbocycles. The zero-order chi connectivity index (χ0) is 28.1. The van der Waals surface area contributed by atoms with Crippen molar-refractivity contribution in [2.45, 2.75) is 75.8 Å². The maximum atomic E-state index is 13.9. The number of benzene rings is 2. The molecule has 216 valence electrons. The normalized spacial score (nSPS) is 23.4. The molecule has 2 heterocycles. The highest BCUT2D eigenvalue weighted by Crippen LogP contribution is 2.29. The van der Waals surface area contributed by atoms with Gasteiger partial charge in [0.1, 0.15) is 11.6 Å². The number of rotatable bonds is 10. The summed E-state index contributed by atoms with van der Waals surface area (Å²) in [7, 11) is 0. The molecule has 0 bridgehead atoms. The van der Waals surface area contributed by atoms with Gasteiger partial charge in [-0.1, -0.05) is 49.6 Å². The Bertz CT molecular complexity index is 1130. The molecule has 2 aromatic rings. The Morgan fingerprint density at radius 1 is 1.00 bits per heavy atom. The van der Waals surface area contributed by atoms with Crippen LogP contribution in [0, 0.1) is 23.5 Å². The van der Waals surface area contributed by atoms with Gasteiger partial charge in [-0.15, -0.1) is 0 Å². The van der Waals surface area contributed by atoms with Gasteiger partial charge in [-0.2, -0.15) is 0 Å². The molecule has 2 aliphatic heterocycles. The lowest BCUT2D eigenvalue weighted by Gasteiger charge is -2.41. The van der Waals surface area contributed by atoms with E-state index in [1.807, 2.05) is 30.3 Å². The molecule has 3 N–H and O–H groups in total. The lowest BCUT2D eigenvalue weighted by molar-refractivity contribution is -0.147. The molecule has 0 spiro atoms. The van der Waals surface area contributed by atoms with E-state index < -0.39 is 23.8 Å². The van der Waals surface area contributed by atoms with E-state index in [-0.39, 0.29) is 42.2 Å². The van der Waals surface area contributed by atoms with E-state index in [1.165, 1.54) is 18.6 Å². The van der Waals surface area contributed by atoms with E-state index in [0.717, 1.165) is 37.3 Å². The molecule has 3 fully saturated rings. The molecular formula is C31H39F2N3O4. The van der Waals surface area contributed by atoms with Crippen LogP contribution in [0.25, 0.3) is 0 Å². The molecule has 2 aromatic carbocycles. The minimum atomic E-state index is -1.01. The molecule has 0 radical (unpaired) electrons. The van der Waals surface area contributed by atoms with Crippen LogP contribution in [0.4, 0.5) is 8.78 Å². The predicted molar refractivity (Wildman–Crippen MR) is 146 cm³/mol. The van der Waals surface area contributed by atoms with E-state index in [9.17, 15) is 23.5 Å². The third-order valence-electron chi connectivity index (χ3n) is 8.50. The van der Waals surface area contributed by atoms with Crippen LogP contribution in [0.15, 0.2) is 48.5 Å². The number of nitrogens with zero attached hydrogens (tertiary/aromatic N) is 1. The first-order valence-electron chi connectivity index (χ1n) is 14.5. The van der Waals surface area contributed by atoms with Crippen molar-refractivity contribution in [3.8, 4) is 0 Å². The highest BCUT2D eigenvalue weighted by atomic mass is 19.1. The van der Waals surface area contributed by atoms with Gasteiger partial charge in [0.05, 0.1) is 30.8 Å². The van der Waals surface area contributed by atoms with Gasteiger partial charge in [0.15, 0.2) is 0 Å². The fraction of sp³-hybridized carbons (Fsp3) is 0.548. The Balaban J connectivity index is 1.19. The van der Waals surface area contributed by atoms with Crippen molar-refractivity contribution in [3.63, 3.8) is 0 Å². The topological polar surface area (TPSA) is 90.9 Å². The number of halogens is 2. The molecule has 2 amide bonds. The largest absolute Gasteiger partial charge is 0.389 e. The van der Waals surface area contributed by atoms with Crippen LogP contribution in [-0.4, -0.2) is 65.7 Å². The molecular weight excluding hydrogens is 516 g/mol. The second-order valence-corrected chi connectivity index (χ2v) is 11.5. The summed E-state index contributed by atoms with van der Waals surface area (Å²) in [5.41, 5.74) is 1.40. The molecule has 9 heteroatoms. The van der Waals surface area contributed by atoms with E-state index in [4.69, 9.17) is 4.74 Å². The average molecular weight is 556 g/mol. The fourth-order valence-corrected chi connectivity index (χ4v) is 6.16. The Morgan fingerprint density at radius 3 is 2.40 bits per heavy atom. The van der Waals surface area contributed by atoms with Crippen molar-refractivity contribution in [3.05, 3.63) is 71.3 Å². The number of aliphatic hydroxyl groups excluding tert-OH is 1. The number of carbonyl (C=O) groups is 2. The first kappa shape index (κ1) is 28.6. The first-order chi connectivity index (χ1) is 19.4. The lowest BCUT2D eigenvalue weighted by atomic mass is 9.86. The summed E-state index contributed by atoms with van der Waals surface area (Å²) >= 11 is 0. The number of aliphatic hydroxyl groups is 1. The van der Waals surface area contributed by atoms with E-state index >= 15 is 0 Å². The summed E-state index contributed by atoms with van der Waals surface area (Å²) in [6.45, 7) is 1.71. The summed E-state index contributed by atoms with van der Waals surface area (Å²) in [6.07, 6.45) is 4.60. The van der Waals surface area contributed by atoms with Crippen LogP contribution < -0.4 is 10.6 Å². The molecule has 0 unspecified atom stereocenters. The van der Waals surface area contributed by atoms with Gasteiger partial charge in [-0.25, -0.2) is 8.78 Å². The number of ether oxygens (including phenoxy) is 1. The average Bonchev–Trinajstić information content (AvgIpc) is 3.40. The Hall–Kier alpha value is -2.88. The van der Waals surface area contributed by atoms with Crippen LogP contribution in [-0.2, 0) is 27.4 Å². The van der Waals surface area contributed by atoms with Gasteiger partial charge in [0.25, 0.3) is 0 Å². The fourth-order valence-electron chi connectivity index (χ4n) is 6.16. The SMILES string of the molecule is O=C(N[C@@H](Cc1cc(F)cc(F)c1)[C@H](O)[C@H]1C[C@@H](OCc2ccccc2)CN1)C1CN(C(=O)C2CCCCC2)C1. The quantitative estimate of drug-likeness (QED) is 0.419. The standard InChI is InChI=1S/C31H39F2N3O4/c32-24-11-21(12-25(33)14-24)13-28(29(37)27-15-26(16-34-27)40-19-20-7-3-1-4-8-20)35-30(38)23-17-36(18-23)31(39)22-9-5-2-6-10-22/h1,3-4,7-8,11-12,14,22-23,26-29,34,37H,2,5-6,9-10,13,15-19H2,(H,35,38)/t26-,27-,28+,29-/m1/s1. The maximum absolute atomic E-state index is 13.9. The number of amides is 2. The number of hydrogen-bond donors (Lipinski definition) is 3. The minimum Gasteiger partial charge on any atom is -0.389 e. The summed E-state index contributed by atoms with van der Waals surface area (Å²) in [4.78, 5) is 27.7. The zero-order valence-electron chi connectivity index (χ0n) is 22.7. The lowest BCUT2D eigenvalue weighted by Crippen LogP contribution is -2.60. The van der Waals surface area contributed by atoms with Gasteiger partial charge in [-0.3, -0.25) is 9.59 Å². The number of hydrogen-bond acceptors (Lipinski definition) is 5. The molecule has 0 aromatic heterocycles. The van der Waals surface area contributed by atoms with Crippen molar-refractivity contribution in [2.24, 2.45) is 11.8 Å². The Labute approximate surface area is 234 Å². The molecule has 1 saturated carbocycles. The predicted octanol–water partition coefficient (Wildman–Crippen LogP) is 3.34. The monoisotopic (exact) mass is 555 g/mol. The second kappa shape index (κ2) is 13.2. The van der Waals surface area contributed by atoms with Crippen molar-refractivity contribution in [1.82, 2.24) is 15.5 Å². The number of likely N-dealkylation sites (tertiary alicyclic amines) is 1. The molecule has 40 heavy (non-hydrogen) atoms. The third kappa shape index (κ3) is 7.25. The number of nitrogens with one attached hydrogen (secondary N) is 2. The summed E-state index contributed by atoms with van der Waals surface area (Å²) in [5, 5.41) is 17.6. The van der Waals surface area contributed by atoms with Crippen LogP contribution in [0.3, 0.4) is 0 Å². The van der Waals surface area contributed by atoms with Gasteiger partial charge < -0.3 is 25.4 Å². The van der Waals surface area contributed by atoms with Crippen LogP contribution in [0.5, 0.6) is 0 Å². The van der Waals surface area contributed by atoms with Gasteiger partial charge in [-0.05, 0) is 48.9 Å². The summed E-state index contributed by atoms with van der Waals surface area (Å²) in [5.74, 6) is -1.86. The van der Waals surface area contributed by atoms with Gasteiger partial charge >= 0.3 is 0 Å². The van der Waals surface area contributed by atoms with Crippen molar-refractivity contribution >= 4 is 11.8 Å². The van der Waals surface area contributed by atoms with E-state index in [1.54, 1.807) is 4.90 Å². The van der Waals surface area contributed by atoms with Crippen molar-refractivity contribution < 1.29 is 28.2 Å². The van der Waals surface area contributed by atoms with Crippen LogP contribution >= 0.6 is 0 Å². The first-order valence-corrected chi connectivity index (χ1v) is 14.5. The van der Waals surface area contributed by atoms with E-state index in [0.29, 0.717) is 38.2 Å². The second-order valence-electron chi connectivity index (χ2n) is 11.5. The molecule has 2 saturated heterocycles.